The van der Waals surface area contributed by atoms with E-state index >= 15 is 0 Å². The highest BCUT2D eigenvalue weighted by atomic mass is 35.5. The Balaban J connectivity index is 1.29. The van der Waals surface area contributed by atoms with Crippen LogP contribution in [0, 0.1) is 0 Å². The first kappa shape index (κ1) is 19.4. The van der Waals surface area contributed by atoms with Gasteiger partial charge in [-0.3, -0.25) is 9.69 Å². The Morgan fingerprint density at radius 3 is 2.73 bits per heavy atom. The molecule has 5 rings (SSSR count). The Morgan fingerprint density at radius 2 is 1.87 bits per heavy atom. The van der Waals surface area contributed by atoms with Crippen LogP contribution in [0.25, 0.3) is 0 Å². The van der Waals surface area contributed by atoms with E-state index in [4.69, 9.17) is 16.3 Å². The maximum absolute atomic E-state index is 13.1. The van der Waals surface area contributed by atoms with Gasteiger partial charge < -0.3 is 9.64 Å². The van der Waals surface area contributed by atoms with Gasteiger partial charge in [-0.1, -0.05) is 23.7 Å². The highest BCUT2D eigenvalue weighted by Gasteiger charge is 2.46. The van der Waals surface area contributed by atoms with Gasteiger partial charge in [0.05, 0.1) is 6.54 Å². The van der Waals surface area contributed by atoms with E-state index < -0.39 is 5.60 Å². The third kappa shape index (κ3) is 3.56. The predicted molar refractivity (Wildman–Crippen MR) is 116 cm³/mol. The SMILES string of the molecule is O=C(c1ccc2c(c1)CCC2)N1CCCC2(CC1)CN(c1cccc(Cl)c1)C(=O)O2. The zero-order valence-electron chi connectivity index (χ0n) is 16.9. The lowest BCUT2D eigenvalue weighted by Crippen LogP contribution is -2.37. The number of benzene rings is 2. The lowest BCUT2D eigenvalue weighted by molar-refractivity contribution is 0.0438. The molecule has 0 saturated carbocycles. The molecular formula is C24H25ClN2O3. The predicted octanol–water partition coefficient (Wildman–Crippen LogP) is 4.85. The van der Waals surface area contributed by atoms with Gasteiger partial charge >= 0.3 is 6.09 Å². The second-order valence-electron chi connectivity index (χ2n) is 8.60. The molecule has 5 nitrogen and oxygen atoms in total. The molecule has 2 aromatic carbocycles. The van der Waals surface area contributed by atoms with E-state index in [-0.39, 0.29) is 12.0 Å². The monoisotopic (exact) mass is 424 g/mol. The largest absolute Gasteiger partial charge is 0.441 e. The van der Waals surface area contributed by atoms with Gasteiger partial charge in [-0.15, -0.1) is 0 Å². The van der Waals surface area contributed by atoms with Crippen LogP contribution in [0.5, 0.6) is 0 Å². The number of hydrogen-bond donors (Lipinski definition) is 0. The molecule has 0 aromatic heterocycles. The van der Waals surface area contributed by atoms with Crippen LogP contribution in [-0.2, 0) is 17.6 Å². The molecule has 3 aliphatic rings. The summed E-state index contributed by atoms with van der Waals surface area (Å²) in [6.07, 6.45) is 5.23. The minimum Gasteiger partial charge on any atom is -0.441 e. The Kier molecular flexibility index (Phi) is 4.94. The lowest BCUT2D eigenvalue weighted by Gasteiger charge is -2.25. The van der Waals surface area contributed by atoms with E-state index in [2.05, 4.69) is 12.1 Å². The van der Waals surface area contributed by atoms with Crippen molar-refractivity contribution in [1.29, 1.82) is 0 Å². The molecule has 1 unspecified atom stereocenters. The molecule has 1 aliphatic carbocycles. The van der Waals surface area contributed by atoms with Gasteiger partial charge in [0.15, 0.2) is 0 Å². The summed E-state index contributed by atoms with van der Waals surface area (Å²) in [7, 11) is 0. The highest BCUT2D eigenvalue weighted by Crippen LogP contribution is 2.36. The van der Waals surface area contributed by atoms with Gasteiger partial charge in [0.2, 0.25) is 0 Å². The molecule has 2 aromatic rings. The van der Waals surface area contributed by atoms with Crippen molar-refractivity contribution in [2.75, 3.05) is 24.5 Å². The van der Waals surface area contributed by atoms with Crippen molar-refractivity contribution in [2.45, 2.75) is 44.1 Å². The van der Waals surface area contributed by atoms with E-state index in [1.165, 1.54) is 17.5 Å². The quantitative estimate of drug-likeness (QED) is 0.692. The molecule has 0 bridgehead atoms. The molecule has 0 radical (unpaired) electrons. The Hall–Kier alpha value is -2.53. The normalized spacial score (nSPS) is 23.4. The van der Waals surface area contributed by atoms with E-state index in [1.54, 1.807) is 17.0 Å². The first-order chi connectivity index (χ1) is 14.5. The van der Waals surface area contributed by atoms with Crippen LogP contribution in [0.4, 0.5) is 10.5 Å². The molecule has 1 spiro atoms. The average Bonchev–Trinajstić information content (AvgIpc) is 3.27. The number of ether oxygens (including phenoxy) is 1. The van der Waals surface area contributed by atoms with E-state index in [9.17, 15) is 9.59 Å². The molecular weight excluding hydrogens is 400 g/mol. The van der Waals surface area contributed by atoms with Crippen molar-refractivity contribution in [3.05, 3.63) is 64.2 Å². The third-order valence-corrected chi connectivity index (χ3v) is 6.86. The smallest absolute Gasteiger partial charge is 0.415 e. The van der Waals surface area contributed by atoms with Gasteiger partial charge in [0.25, 0.3) is 5.91 Å². The van der Waals surface area contributed by atoms with Crippen LogP contribution in [0.2, 0.25) is 5.02 Å². The number of hydrogen-bond acceptors (Lipinski definition) is 3. The van der Waals surface area contributed by atoms with Gasteiger partial charge in [-0.2, -0.15) is 0 Å². The van der Waals surface area contributed by atoms with Crippen LogP contribution in [0.1, 0.15) is 47.2 Å². The summed E-state index contributed by atoms with van der Waals surface area (Å²) in [4.78, 5) is 29.3. The van der Waals surface area contributed by atoms with E-state index in [0.29, 0.717) is 31.1 Å². The topological polar surface area (TPSA) is 49.9 Å². The van der Waals surface area contributed by atoms with Crippen LogP contribution in [0.15, 0.2) is 42.5 Å². The van der Waals surface area contributed by atoms with Gasteiger partial charge in [-0.05, 0) is 73.6 Å². The first-order valence-corrected chi connectivity index (χ1v) is 11.1. The summed E-state index contributed by atoms with van der Waals surface area (Å²) in [5.74, 6) is 0.0813. The summed E-state index contributed by atoms with van der Waals surface area (Å²) in [5, 5.41) is 0.591. The molecule has 0 N–H and O–H groups in total. The first-order valence-electron chi connectivity index (χ1n) is 10.7. The fourth-order valence-corrected chi connectivity index (χ4v) is 5.17. The second-order valence-corrected chi connectivity index (χ2v) is 9.04. The number of fused-ring (bicyclic) bond motifs is 1. The summed E-state index contributed by atoms with van der Waals surface area (Å²) in [6, 6.07) is 13.4. The fourth-order valence-electron chi connectivity index (χ4n) is 4.98. The van der Waals surface area contributed by atoms with Crippen LogP contribution >= 0.6 is 11.6 Å². The molecule has 6 heteroatoms. The number of carbonyl (C=O) groups excluding carboxylic acids is 2. The molecule has 2 aliphatic heterocycles. The number of likely N-dealkylation sites (tertiary alicyclic amines) is 1. The number of nitrogens with zero attached hydrogens (tertiary/aromatic N) is 2. The maximum Gasteiger partial charge on any atom is 0.415 e. The average molecular weight is 425 g/mol. The summed E-state index contributed by atoms with van der Waals surface area (Å²) in [6.45, 7) is 1.77. The number of halogens is 1. The van der Waals surface area contributed by atoms with Crippen molar-refractivity contribution in [3.63, 3.8) is 0 Å². The van der Waals surface area contributed by atoms with E-state index in [1.807, 2.05) is 23.1 Å². The number of aryl methyl sites for hydroxylation is 2. The molecule has 2 amide bonds. The Morgan fingerprint density at radius 1 is 1.00 bits per heavy atom. The number of amides is 2. The van der Waals surface area contributed by atoms with Crippen LogP contribution < -0.4 is 4.90 Å². The van der Waals surface area contributed by atoms with Crippen molar-refractivity contribution in [1.82, 2.24) is 4.90 Å². The summed E-state index contributed by atoms with van der Waals surface area (Å²) >= 11 is 6.10. The zero-order chi connectivity index (χ0) is 20.7. The Labute approximate surface area is 181 Å². The lowest BCUT2D eigenvalue weighted by atomic mass is 9.95. The van der Waals surface area contributed by atoms with Crippen molar-refractivity contribution < 1.29 is 14.3 Å². The molecule has 2 heterocycles. The fraction of sp³-hybridized carbons (Fsp3) is 0.417. The molecule has 2 saturated heterocycles. The second kappa shape index (κ2) is 7.62. The number of rotatable bonds is 2. The van der Waals surface area contributed by atoms with Gasteiger partial charge in [0.1, 0.15) is 5.60 Å². The Bertz CT molecular complexity index is 1010. The minimum atomic E-state index is -0.549. The molecule has 2 fully saturated rings. The van der Waals surface area contributed by atoms with Crippen LogP contribution in [0.3, 0.4) is 0 Å². The van der Waals surface area contributed by atoms with Crippen molar-refractivity contribution in [3.8, 4) is 0 Å². The van der Waals surface area contributed by atoms with Crippen LogP contribution in [-0.4, -0.2) is 42.1 Å². The van der Waals surface area contributed by atoms with E-state index in [0.717, 1.165) is 36.9 Å². The zero-order valence-corrected chi connectivity index (χ0v) is 17.7. The molecule has 156 valence electrons. The van der Waals surface area contributed by atoms with Gasteiger partial charge in [-0.25, -0.2) is 4.79 Å². The number of carbonyl (C=O) groups is 2. The highest BCUT2D eigenvalue weighted by molar-refractivity contribution is 6.30. The molecule has 30 heavy (non-hydrogen) atoms. The summed E-state index contributed by atoms with van der Waals surface area (Å²) < 4.78 is 5.88. The third-order valence-electron chi connectivity index (χ3n) is 6.62. The molecule has 1 atom stereocenters. The maximum atomic E-state index is 13.1. The number of anilines is 1. The summed E-state index contributed by atoms with van der Waals surface area (Å²) in [5.41, 5.74) is 3.66. The van der Waals surface area contributed by atoms with Gasteiger partial charge in [0, 0.05) is 35.8 Å². The van der Waals surface area contributed by atoms with Crippen molar-refractivity contribution in [2.24, 2.45) is 0 Å². The van der Waals surface area contributed by atoms with Crippen molar-refractivity contribution >= 4 is 29.3 Å². The minimum absolute atomic E-state index is 0.0813. The standard InChI is InChI=1S/C24H25ClN2O3/c25-20-6-2-7-21(15-20)27-16-24(30-23(27)29)10-3-12-26(13-11-24)22(28)19-9-8-17-4-1-5-18(17)14-19/h2,6-9,14-15H,1,3-5,10-13,16H2.